The number of carboxylic acid groups (broad SMARTS) is 1. The Labute approximate surface area is 121 Å². The molecular weight excluding hydrogens is 282 g/mol. The number of rotatable bonds is 2. The van der Waals surface area contributed by atoms with E-state index in [2.05, 4.69) is 0 Å². The van der Waals surface area contributed by atoms with Crippen LogP contribution in [0.5, 0.6) is 0 Å². The Bertz CT molecular complexity index is 589. The van der Waals surface area contributed by atoms with Crippen molar-refractivity contribution < 1.29 is 19.5 Å². The van der Waals surface area contributed by atoms with E-state index in [4.69, 9.17) is 11.6 Å². The fourth-order valence-corrected chi connectivity index (χ4v) is 2.48. The number of carbonyl (C=O) groups excluding carboxylic acids is 2. The number of carboxylic acids is 1. The van der Waals surface area contributed by atoms with Crippen LogP contribution in [0.1, 0.15) is 37.0 Å². The summed E-state index contributed by atoms with van der Waals surface area (Å²) in [7, 11) is 0. The molecule has 1 saturated heterocycles. The lowest BCUT2D eigenvalue weighted by Crippen LogP contribution is -2.46. The highest BCUT2D eigenvalue weighted by atomic mass is 35.5. The van der Waals surface area contributed by atoms with Crippen LogP contribution in [0, 0.1) is 5.41 Å². The van der Waals surface area contributed by atoms with Crippen LogP contribution in [0.3, 0.4) is 0 Å². The van der Waals surface area contributed by atoms with Crippen molar-refractivity contribution in [3.05, 3.63) is 28.8 Å². The molecule has 0 aromatic heterocycles. The summed E-state index contributed by atoms with van der Waals surface area (Å²) in [6.45, 7) is 3.66. The van der Waals surface area contributed by atoms with Crippen LogP contribution in [-0.2, 0) is 9.59 Å². The third-order valence-corrected chi connectivity index (χ3v) is 3.42. The second kappa shape index (κ2) is 4.90. The van der Waals surface area contributed by atoms with Crippen LogP contribution in [0.15, 0.2) is 18.2 Å². The van der Waals surface area contributed by atoms with Gasteiger partial charge in [-0.15, -0.1) is 0 Å². The standard InChI is InChI=1S/C14H14ClNO4/c1-14(2)6-11(17)16(12(18)7-14)10-5-8(15)3-4-9(10)13(19)20/h3-5H,6-7H2,1-2H3,(H,19,20). The number of benzene rings is 1. The van der Waals surface area contributed by atoms with Gasteiger partial charge >= 0.3 is 5.97 Å². The number of aromatic carboxylic acids is 1. The summed E-state index contributed by atoms with van der Waals surface area (Å²) in [5.41, 5.74) is -0.488. The Morgan fingerprint density at radius 3 is 2.30 bits per heavy atom. The lowest BCUT2D eigenvalue weighted by molar-refractivity contribution is -0.132. The second-order valence-electron chi connectivity index (χ2n) is 5.61. The number of hydrogen-bond donors (Lipinski definition) is 1. The van der Waals surface area contributed by atoms with Crippen LogP contribution >= 0.6 is 11.6 Å². The lowest BCUT2D eigenvalue weighted by atomic mass is 9.81. The number of nitrogens with zero attached hydrogens (tertiary/aromatic N) is 1. The van der Waals surface area contributed by atoms with Crippen molar-refractivity contribution in [1.29, 1.82) is 0 Å². The summed E-state index contributed by atoms with van der Waals surface area (Å²) in [6, 6.07) is 4.04. The van der Waals surface area contributed by atoms with Gasteiger partial charge in [-0.1, -0.05) is 25.4 Å². The van der Waals surface area contributed by atoms with Gasteiger partial charge < -0.3 is 5.11 Å². The molecule has 6 heteroatoms. The summed E-state index contributed by atoms with van der Waals surface area (Å²) >= 11 is 5.85. The van der Waals surface area contributed by atoms with Crippen molar-refractivity contribution in [2.45, 2.75) is 26.7 Å². The van der Waals surface area contributed by atoms with Crippen LogP contribution < -0.4 is 4.90 Å². The zero-order chi connectivity index (χ0) is 15.1. The first-order chi connectivity index (χ1) is 9.21. The first kappa shape index (κ1) is 14.5. The summed E-state index contributed by atoms with van der Waals surface area (Å²) in [6.07, 6.45) is 0.370. The number of carbonyl (C=O) groups is 3. The molecule has 1 aliphatic heterocycles. The van der Waals surface area contributed by atoms with E-state index >= 15 is 0 Å². The molecule has 1 N–H and O–H groups in total. The molecule has 1 fully saturated rings. The maximum absolute atomic E-state index is 12.2. The van der Waals surface area contributed by atoms with Crippen LogP contribution in [-0.4, -0.2) is 22.9 Å². The molecule has 1 aromatic carbocycles. The van der Waals surface area contributed by atoms with E-state index in [1.54, 1.807) is 0 Å². The molecular formula is C14H14ClNO4. The SMILES string of the molecule is CC1(C)CC(=O)N(c2cc(Cl)ccc2C(=O)O)C(=O)C1. The molecule has 1 heterocycles. The van der Waals surface area contributed by atoms with Gasteiger partial charge in [-0.05, 0) is 23.6 Å². The van der Waals surface area contributed by atoms with Crippen molar-refractivity contribution in [3.63, 3.8) is 0 Å². The number of anilines is 1. The number of imide groups is 1. The van der Waals surface area contributed by atoms with E-state index in [-0.39, 0.29) is 29.1 Å². The number of halogens is 1. The smallest absolute Gasteiger partial charge is 0.337 e. The van der Waals surface area contributed by atoms with Crippen LogP contribution in [0.25, 0.3) is 0 Å². The van der Waals surface area contributed by atoms with Gasteiger partial charge in [0.2, 0.25) is 11.8 Å². The largest absolute Gasteiger partial charge is 0.478 e. The highest BCUT2D eigenvalue weighted by molar-refractivity contribution is 6.31. The topological polar surface area (TPSA) is 74.7 Å². The molecule has 0 unspecified atom stereocenters. The molecule has 0 saturated carbocycles. The first-order valence-electron chi connectivity index (χ1n) is 6.10. The Morgan fingerprint density at radius 2 is 1.80 bits per heavy atom. The molecule has 1 aromatic rings. The Hall–Kier alpha value is -1.88. The van der Waals surface area contributed by atoms with Gasteiger partial charge in [0.1, 0.15) is 0 Å². The Morgan fingerprint density at radius 1 is 1.25 bits per heavy atom. The minimum atomic E-state index is -1.21. The van der Waals surface area contributed by atoms with E-state index in [0.717, 1.165) is 4.90 Å². The maximum atomic E-state index is 12.2. The van der Waals surface area contributed by atoms with Crippen LogP contribution in [0.4, 0.5) is 5.69 Å². The third-order valence-electron chi connectivity index (χ3n) is 3.19. The Balaban J connectivity index is 2.51. The fourth-order valence-electron chi connectivity index (χ4n) is 2.32. The van der Waals surface area contributed by atoms with Crippen LogP contribution in [0.2, 0.25) is 5.02 Å². The fraction of sp³-hybridized carbons (Fsp3) is 0.357. The second-order valence-corrected chi connectivity index (χ2v) is 6.04. The molecule has 5 nitrogen and oxygen atoms in total. The lowest BCUT2D eigenvalue weighted by Gasteiger charge is -2.35. The van der Waals surface area contributed by atoms with Gasteiger partial charge in [-0.2, -0.15) is 0 Å². The zero-order valence-electron chi connectivity index (χ0n) is 11.1. The van der Waals surface area contributed by atoms with Gasteiger partial charge in [0.15, 0.2) is 0 Å². The molecule has 2 rings (SSSR count). The monoisotopic (exact) mass is 295 g/mol. The van der Waals surface area contributed by atoms with Crippen molar-refractivity contribution in [1.82, 2.24) is 0 Å². The average molecular weight is 296 g/mol. The minimum absolute atomic E-state index is 0.0375. The van der Waals surface area contributed by atoms with Gasteiger partial charge in [-0.3, -0.25) is 9.59 Å². The molecule has 2 amide bonds. The normalized spacial score (nSPS) is 18.2. The van der Waals surface area contributed by atoms with E-state index < -0.39 is 23.2 Å². The molecule has 0 aliphatic carbocycles. The summed E-state index contributed by atoms with van der Waals surface area (Å²) < 4.78 is 0. The molecule has 0 bridgehead atoms. The maximum Gasteiger partial charge on any atom is 0.337 e. The average Bonchev–Trinajstić information content (AvgIpc) is 2.25. The molecule has 20 heavy (non-hydrogen) atoms. The Kier molecular flexibility index (Phi) is 3.56. The van der Waals surface area contributed by atoms with Crippen molar-refractivity contribution in [2.75, 3.05) is 4.90 Å². The van der Waals surface area contributed by atoms with Gasteiger partial charge in [0.25, 0.3) is 0 Å². The summed E-state index contributed by atoms with van der Waals surface area (Å²) in [5, 5.41) is 9.44. The van der Waals surface area contributed by atoms with E-state index in [9.17, 15) is 19.5 Å². The first-order valence-corrected chi connectivity index (χ1v) is 6.48. The van der Waals surface area contributed by atoms with Crippen molar-refractivity contribution in [2.24, 2.45) is 5.41 Å². The van der Waals surface area contributed by atoms with E-state index in [1.165, 1.54) is 18.2 Å². The molecule has 0 atom stereocenters. The predicted molar refractivity (Wildman–Crippen MR) is 73.9 cm³/mol. The quantitative estimate of drug-likeness (QED) is 0.851. The minimum Gasteiger partial charge on any atom is -0.478 e. The predicted octanol–water partition coefficient (Wildman–Crippen LogP) is 2.72. The summed E-state index contributed by atoms with van der Waals surface area (Å²) in [5.74, 6) is -2.02. The third kappa shape index (κ3) is 2.67. The van der Waals surface area contributed by atoms with E-state index in [0.29, 0.717) is 0 Å². The zero-order valence-corrected chi connectivity index (χ0v) is 11.9. The molecule has 1 aliphatic rings. The van der Waals surface area contributed by atoms with Crippen molar-refractivity contribution >= 4 is 35.1 Å². The number of hydrogen-bond acceptors (Lipinski definition) is 3. The molecule has 106 valence electrons. The molecule has 0 spiro atoms. The highest BCUT2D eigenvalue weighted by Gasteiger charge is 2.39. The highest BCUT2D eigenvalue weighted by Crippen LogP contribution is 2.36. The number of amides is 2. The molecule has 0 radical (unpaired) electrons. The van der Waals surface area contributed by atoms with E-state index in [1.807, 2.05) is 13.8 Å². The summed E-state index contributed by atoms with van der Waals surface area (Å²) in [4.78, 5) is 36.5. The van der Waals surface area contributed by atoms with Gasteiger partial charge in [0.05, 0.1) is 11.3 Å². The number of piperidine rings is 1. The van der Waals surface area contributed by atoms with Crippen molar-refractivity contribution in [3.8, 4) is 0 Å². The van der Waals surface area contributed by atoms with Gasteiger partial charge in [-0.25, -0.2) is 9.69 Å². The van der Waals surface area contributed by atoms with Gasteiger partial charge in [0, 0.05) is 17.9 Å².